The molecule has 0 unspecified atom stereocenters. The molecule has 292 valence electrons. The summed E-state index contributed by atoms with van der Waals surface area (Å²) >= 11 is 0.964. The molecule has 6 rings (SSSR count). The van der Waals surface area contributed by atoms with E-state index in [0.717, 1.165) is 17.8 Å². The number of thiophene rings is 1. The third kappa shape index (κ3) is 8.72. The van der Waals surface area contributed by atoms with Crippen molar-refractivity contribution in [3.05, 3.63) is 64.3 Å². The average Bonchev–Trinajstić information content (AvgIpc) is 3.46. The Morgan fingerprint density at radius 2 is 1.89 bits per heavy atom. The summed E-state index contributed by atoms with van der Waals surface area (Å²) in [5.41, 5.74) is -0.742. The van der Waals surface area contributed by atoms with Gasteiger partial charge in [-0.05, 0) is 82.0 Å². The van der Waals surface area contributed by atoms with Gasteiger partial charge in [-0.2, -0.15) is 0 Å². The van der Waals surface area contributed by atoms with Gasteiger partial charge < -0.3 is 25.0 Å². The van der Waals surface area contributed by atoms with Crippen LogP contribution in [0.15, 0.2) is 46.0 Å². The SMILES string of the molecule is Cc1csc(S(=O)(=O)NC(=O)[C@@]23C[C@@H]2/C=C\CCCCC[C@H](NC(=O)OC(C)(C)C)C(=O)N2C[C@H](OC(=O)N4Cc5cccc(F)c5C4)C[C@H]2C(=O)N3)c1. The quantitative estimate of drug-likeness (QED) is 0.370. The minimum absolute atomic E-state index is 0.0114. The molecular weight excluding hydrogens is 742 g/mol. The van der Waals surface area contributed by atoms with Crippen molar-refractivity contribution in [2.45, 2.75) is 119 Å². The third-order valence-electron chi connectivity index (χ3n) is 9.99. The van der Waals surface area contributed by atoms with Crippen LogP contribution < -0.4 is 15.4 Å². The molecule has 2 fully saturated rings. The van der Waals surface area contributed by atoms with Crippen LogP contribution in [0.3, 0.4) is 0 Å². The molecule has 4 heterocycles. The van der Waals surface area contributed by atoms with E-state index in [0.29, 0.717) is 36.0 Å². The van der Waals surface area contributed by atoms with Gasteiger partial charge in [0.2, 0.25) is 11.8 Å². The van der Waals surface area contributed by atoms with Crippen LogP contribution in [0.1, 0.15) is 82.4 Å². The predicted octanol–water partition coefficient (Wildman–Crippen LogP) is 4.41. The molecule has 3 aliphatic heterocycles. The number of amides is 5. The molecule has 5 atom stereocenters. The van der Waals surface area contributed by atoms with E-state index in [-0.39, 0.29) is 43.1 Å². The van der Waals surface area contributed by atoms with Crippen LogP contribution in [0.4, 0.5) is 14.0 Å². The molecule has 1 saturated heterocycles. The second kappa shape index (κ2) is 15.3. The van der Waals surface area contributed by atoms with Crippen molar-refractivity contribution in [2.75, 3.05) is 6.54 Å². The maximum absolute atomic E-state index is 14.4. The Hall–Kier alpha value is -4.51. The number of alkyl carbamates (subject to hydrolysis) is 1. The normalized spacial score (nSPS) is 26.6. The van der Waals surface area contributed by atoms with Gasteiger partial charge in [-0.25, -0.2) is 27.1 Å². The highest BCUT2D eigenvalue weighted by Gasteiger charge is 2.62. The second-order valence-corrected chi connectivity index (χ2v) is 18.2. The number of aryl methyl sites for hydroxylation is 1. The topological polar surface area (TPSA) is 181 Å². The van der Waals surface area contributed by atoms with Gasteiger partial charge in [0.05, 0.1) is 13.1 Å². The predicted molar refractivity (Wildman–Crippen MR) is 195 cm³/mol. The zero-order chi connectivity index (χ0) is 39.0. The van der Waals surface area contributed by atoms with Gasteiger partial charge in [-0.3, -0.25) is 19.3 Å². The van der Waals surface area contributed by atoms with Crippen LogP contribution in [0, 0.1) is 18.7 Å². The number of sulfonamides is 1. The summed E-state index contributed by atoms with van der Waals surface area (Å²) in [5, 5.41) is 7.09. The van der Waals surface area contributed by atoms with Gasteiger partial charge >= 0.3 is 12.2 Å². The molecule has 5 amide bonds. The maximum Gasteiger partial charge on any atom is 0.410 e. The van der Waals surface area contributed by atoms with Gasteiger partial charge in [-0.15, -0.1) is 11.3 Å². The molecule has 1 saturated carbocycles. The van der Waals surface area contributed by atoms with E-state index in [1.807, 2.05) is 6.08 Å². The number of benzene rings is 1. The Balaban J connectivity index is 1.26. The standard InChI is InChI=1S/C37H46FN5O9S2/c1-22-15-30(53-21-22)54(49,50)41-33(46)37-17-24(37)12-8-6-5-7-9-14-28(39-34(47)52-36(2,3)4)32(45)43-19-25(16-29(43)31(44)40-37)51-35(48)42-18-23-11-10-13-27(38)26(23)20-42/h8,10-13,15,21,24-25,28-29H,5-7,9,14,16-20H2,1-4H3,(H,39,47)(H,40,44)(H,41,46)/b12-8-/t24-,25+,28-,29-,37+/m0/s1. The van der Waals surface area contributed by atoms with Crippen molar-refractivity contribution < 1.29 is 46.3 Å². The lowest BCUT2D eigenvalue weighted by molar-refractivity contribution is -0.141. The molecule has 2 aromatic rings. The number of allylic oxidation sites excluding steroid dienone is 1. The molecule has 0 spiro atoms. The lowest BCUT2D eigenvalue weighted by atomic mass is 10.0. The van der Waals surface area contributed by atoms with Gasteiger partial charge in [0.25, 0.3) is 15.9 Å². The minimum Gasteiger partial charge on any atom is -0.444 e. The van der Waals surface area contributed by atoms with E-state index >= 15 is 0 Å². The maximum atomic E-state index is 14.4. The summed E-state index contributed by atoms with van der Waals surface area (Å²) in [5.74, 6) is -3.23. The molecule has 3 N–H and O–H groups in total. The van der Waals surface area contributed by atoms with Crippen molar-refractivity contribution in [1.29, 1.82) is 0 Å². The van der Waals surface area contributed by atoms with E-state index in [1.165, 1.54) is 21.9 Å². The second-order valence-electron chi connectivity index (χ2n) is 15.4. The van der Waals surface area contributed by atoms with Crippen LogP contribution in [-0.2, 0) is 47.0 Å². The molecule has 1 aromatic carbocycles. The first kappa shape index (κ1) is 39.2. The number of rotatable bonds is 5. The van der Waals surface area contributed by atoms with Gasteiger partial charge in [0, 0.05) is 24.4 Å². The van der Waals surface area contributed by atoms with E-state index in [4.69, 9.17) is 9.47 Å². The summed E-state index contributed by atoms with van der Waals surface area (Å²) in [6, 6.07) is 3.68. The monoisotopic (exact) mass is 787 g/mol. The molecule has 4 aliphatic rings. The number of carbonyl (C=O) groups is 5. The summed E-state index contributed by atoms with van der Waals surface area (Å²) < 4.78 is 54.2. The van der Waals surface area contributed by atoms with E-state index in [9.17, 15) is 36.8 Å². The number of hydrogen-bond acceptors (Lipinski definition) is 10. The highest BCUT2D eigenvalue weighted by molar-refractivity contribution is 7.92. The Morgan fingerprint density at radius 3 is 2.59 bits per heavy atom. The lowest BCUT2D eigenvalue weighted by Gasteiger charge is -2.30. The Morgan fingerprint density at radius 1 is 1.11 bits per heavy atom. The Bertz CT molecular complexity index is 1960. The highest BCUT2D eigenvalue weighted by Crippen LogP contribution is 2.46. The first-order chi connectivity index (χ1) is 25.5. The molecule has 17 heteroatoms. The fraction of sp³-hybridized carbons (Fsp3) is 0.541. The van der Waals surface area contributed by atoms with Crippen LogP contribution >= 0.6 is 11.3 Å². The van der Waals surface area contributed by atoms with Gasteiger partial charge in [0.1, 0.15) is 39.4 Å². The number of halogens is 1. The average molecular weight is 788 g/mol. The number of hydrogen-bond donors (Lipinski definition) is 3. The first-order valence-corrected chi connectivity index (χ1v) is 20.4. The molecular formula is C37H46FN5O9S2. The van der Waals surface area contributed by atoms with Crippen LogP contribution in [0.25, 0.3) is 0 Å². The smallest absolute Gasteiger partial charge is 0.410 e. The Labute approximate surface area is 317 Å². The van der Waals surface area contributed by atoms with Crippen molar-refractivity contribution >= 4 is 51.3 Å². The molecule has 0 bridgehead atoms. The highest BCUT2D eigenvalue weighted by atomic mass is 32.2. The number of nitrogens with zero attached hydrogens (tertiary/aromatic N) is 2. The van der Waals surface area contributed by atoms with Crippen molar-refractivity contribution in [3.8, 4) is 0 Å². The van der Waals surface area contributed by atoms with Gasteiger partial charge in [0.15, 0.2) is 0 Å². The number of ether oxygens (including phenoxy) is 2. The number of fused-ring (bicyclic) bond motifs is 3. The van der Waals surface area contributed by atoms with Crippen LogP contribution in [-0.4, -0.2) is 84.0 Å². The molecule has 54 heavy (non-hydrogen) atoms. The first-order valence-electron chi connectivity index (χ1n) is 18.1. The van der Waals surface area contributed by atoms with Gasteiger partial charge in [-0.1, -0.05) is 37.1 Å². The van der Waals surface area contributed by atoms with Crippen molar-refractivity contribution in [3.63, 3.8) is 0 Å². The van der Waals surface area contributed by atoms with Crippen LogP contribution in [0.5, 0.6) is 0 Å². The van der Waals surface area contributed by atoms with E-state index < -0.39 is 81.0 Å². The molecule has 1 aliphatic carbocycles. The fourth-order valence-corrected chi connectivity index (χ4v) is 9.42. The van der Waals surface area contributed by atoms with Crippen molar-refractivity contribution in [1.82, 2.24) is 25.2 Å². The number of nitrogens with one attached hydrogen (secondary N) is 3. The summed E-state index contributed by atoms with van der Waals surface area (Å²) in [7, 11) is -4.25. The van der Waals surface area contributed by atoms with E-state index in [1.54, 1.807) is 51.3 Å². The van der Waals surface area contributed by atoms with Crippen LogP contribution in [0.2, 0.25) is 0 Å². The molecule has 0 radical (unpaired) electrons. The summed E-state index contributed by atoms with van der Waals surface area (Å²) in [6.07, 6.45) is 4.00. The largest absolute Gasteiger partial charge is 0.444 e. The zero-order valence-corrected chi connectivity index (χ0v) is 32.3. The van der Waals surface area contributed by atoms with Crippen molar-refractivity contribution in [2.24, 2.45) is 5.92 Å². The summed E-state index contributed by atoms with van der Waals surface area (Å²) in [6.45, 7) is 6.70. The zero-order valence-electron chi connectivity index (χ0n) is 30.7. The molecule has 14 nitrogen and oxygen atoms in total. The lowest BCUT2D eigenvalue weighted by Crippen LogP contribution is -2.58. The Kier molecular flexibility index (Phi) is 11.1. The fourth-order valence-electron chi connectivity index (χ4n) is 7.15. The minimum atomic E-state index is -4.25. The van der Waals surface area contributed by atoms with E-state index in [2.05, 4.69) is 15.4 Å². The number of carbonyl (C=O) groups excluding carboxylic acids is 5. The summed E-state index contributed by atoms with van der Waals surface area (Å²) in [4.78, 5) is 71.3. The third-order valence-corrected chi connectivity index (χ3v) is 12.9. The molecule has 1 aromatic heterocycles.